The highest BCUT2D eigenvalue weighted by atomic mass is 32.2. The Morgan fingerprint density at radius 2 is 0.786 bits per heavy atom. The molecule has 0 bridgehead atoms. The van der Waals surface area contributed by atoms with Gasteiger partial charge in [-0.15, -0.1) is 0 Å². The molecule has 0 radical (unpaired) electrons. The minimum Gasteiger partial charge on any atom is -0.496 e. The SMILES string of the molecule is COc1cc(N)ncc1-c1cc(C2(S(C)(=O)=O)CCC2)nc(N2CCOC[C@@H]2C)n1.C[C@H]1COCCN1c1nc(-c2cnc(N)nc2)cc(C2(S(C)(=O)=O)CCC2)n1.C[C@H]1COCCN1c1nc(-c2cnc(N)nc2C(F)(F)F)cc(C2(S(C)(=O)=O)CCC2)n1.Nc1cc(C(F)(F)F)c(-c2cc(C3(S(=O)(=O)c4ccccc4)CCC3)nc(N3CCOCC3)n2)cn1. The highest BCUT2D eigenvalue weighted by Crippen LogP contribution is 2.54. The standard InChI is InChI=1S/C24H24F3N5O3S.C20H27N5O4S.C19H23F3N6O3S.C18H24N6O3S/c25-24(26,27)18-13-21(28)29-15-17(18)19-14-20(31-22(30-19)32-9-11-35-12-10-32)23(7-4-8-23)36(33,34)16-5-2-1-3-6-16;1-13-12-29-8-7-25(13)19-23-15(14-11-22-18(21)10-16(14)28-2)9-17(24-19)20(5-4-6-20)30(3,26)27;1-11-10-31-7-6-28(11)17-25-13(12-9-24-16(23)27-15(12)19(20,21)22)8-14(26-17)18(4-3-5-18)32(2,29)30;1-12-11-27-7-6-24(12)17-22-14(13-9-20-16(19)21-10-13)8-15(23-17)18(4-3-5-18)28(2,25)26/h1-3,5-6,13-15H,4,7-12H2,(H2,28,29);9-11,13H,4-8,12H2,1-3H3,(H2,21,22);8-9,11H,3-7,10H2,1-2H3,(H2,23,24,27);8-10,12H,3-7,11H2,1-2H3,(H2,19,20,21)/t;13-;11-;12-/m.000/s1. The van der Waals surface area contributed by atoms with Crippen LogP contribution in [-0.2, 0) is 89.6 Å². The lowest BCUT2D eigenvalue weighted by atomic mass is 9.81. The summed E-state index contributed by atoms with van der Waals surface area (Å²) in [5.74, 6) is 1.53. The third-order valence-corrected chi connectivity index (χ3v) is 33.1. The van der Waals surface area contributed by atoms with Crippen LogP contribution in [0.25, 0.3) is 45.0 Å². The van der Waals surface area contributed by atoms with Crippen LogP contribution in [0.5, 0.6) is 5.75 Å². The molecular formula is C81H98F6N22O13S4. The summed E-state index contributed by atoms with van der Waals surface area (Å²) in [6, 6.07) is 16.6. The molecule has 4 saturated heterocycles. The van der Waals surface area contributed by atoms with Crippen molar-refractivity contribution in [3.05, 3.63) is 132 Å². The first-order valence-corrected chi connectivity index (χ1v) is 48.0. The van der Waals surface area contributed by atoms with Crippen molar-refractivity contribution in [3.63, 3.8) is 0 Å². The first-order chi connectivity index (χ1) is 59.6. The quantitative estimate of drug-likeness (QED) is 0.0582. The number of morpholine rings is 4. The van der Waals surface area contributed by atoms with Gasteiger partial charge in [-0.05, 0) is 140 Å². The summed E-state index contributed by atoms with van der Waals surface area (Å²) in [5.41, 5.74) is 23.2. The normalized spacial score (nSPS) is 20.5. The van der Waals surface area contributed by atoms with Gasteiger partial charge in [-0.1, -0.05) is 18.2 Å². The molecule has 9 aromatic rings. The van der Waals surface area contributed by atoms with Crippen LogP contribution in [0.15, 0.2) is 103 Å². The third kappa shape index (κ3) is 18.4. The summed E-state index contributed by atoms with van der Waals surface area (Å²) in [5, 5.41) is 0. The Bertz CT molecular complexity index is 5980. The Morgan fingerprint density at radius 3 is 1.20 bits per heavy atom. The number of sulfone groups is 4. The molecule has 4 aliphatic carbocycles. The molecule has 35 nitrogen and oxygen atoms in total. The van der Waals surface area contributed by atoms with Gasteiger partial charge in [0.15, 0.2) is 45.0 Å². The van der Waals surface area contributed by atoms with E-state index in [0.717, 1.165) is 37.6 Å². The topological polar surface area (TPSA) is 480 Å². The number of anilines is 8. The van der Waals surface area contributed by atoms with Crippen molar-refractivity contribution < 1.29 is 83.7 Å². The minimum atomic E-state index is -4.81. The smallest absolute Gasteiger partial charge is 0.434 e. The molecule has 8 aromatic heterocycles. The maximum Gasteiger partial charge on any atom is 0.434 e. The van der Waals surface area contributed by atoms with E-state index in [1.807, 2.05) is 20.8 Å². The van der Waals surface area contributed by atoms with Gasteiger partial charge in [0, 0.05) is 105 Å². The van der Waals surface area contributed by atoms with Gasteiger partial charge in [0.2, 0.25) is 35.7 Å². The van der Waals surface area contributed by atoms with Gasteiger partial charge in [0.1, 0.15) is 36.4 Å². The summed E-state index contributed by atoms with van der Waals surface area (Å²) < 4.78 is 210. The van der Waals surface area contributed by atoms with Crippen LogP contribution in [0.1, 0.15) is 132 Å². The van der Waals surface area contributed by atoms with Crippen molar-refractivity contribution >= 4 is 86.7 Å². The number of nitrogens with two attached hydrogens (primary N) is 4. The number of pyridine rings is 2. The molecule has 126 heavy (non-hydrogen) atoms. The number of methoxy groups -OCH3 is 1. The van der Waals surface area contributed by atoms with E-state index in [1.165, 1.54) is 36.8 Å². The summed E-state index contributed by atoms with van der Waals surface area (Å²) in [7, 11) is -12.6. The van der Waals surface area contributed by atoms with Crippen LogP contribution in [0, 0.1) is 0 Å². The molecule has 45 heteroatoms. The largest absolute Gasteiger partial charge is 0.496 e. The highest BCUT2D eigenvalue weighted by Gasteiger charge is 2.55. The van der Waals surface area contributed by atoms with Gasteiger partial charge in [-0.25, -0.2) is 103 Å². The van der Waals surface area contributed by atoms with Crippen molar-refractivity contribution in [2.24, 2.45) is 0 Å². The Morgan fingerprint density at radius 1 is 0.413 bits per heavy atom. The molecular weight excluding hydrogens is 1730 g/mol. The lowest BCUT2D eigenvalue weighted by Crippen LogP contribution is -2.46. The van der Waals surface area contributed by atoms with E-state index in [2.05, 4.69) is 59.6 Å². The Labute approximate surface area is 724 Å². The van der Waals surface area contributed by atoms with Crippen molar-refractivity contribution in [1.82, 2.24) is 69.8 Å². The average molecular weight is 1830 g/mol. The molecule has 17 rings (SSSR count). The molecule has 3 atom stereocenters. The van der Waals surface area contributed by atoms with Crippen molar-refractivity contribution in [3.8, 4) is 50.8 Å². The average Bonchev–Trinajstić information content (AvgIpc) is 0.700. The lowest BCUT2D eigenvalue weighted by molar-refractivity contribution is -0.140. The Kier molecular flexibility index (Phi) is 26.1. The molecule has 0 amide bonds. The van der Waals surface area contributed by atoms with Crippen LogP contribution in [-0.4, -0.2) is 233 Å². The first-order valence-electron chi connectivity index (χ1n) is 40.8. The monoisotopic (exact) mass is 1830 g/mol. The number of benzene rings is 1. The summed E-state index contributed by atoms with van der Waals surface area (Å²) >= 11 is 0. The second kappa shape index (κ2) is 35.9. The van der Waals surface area contributed by atoms with Crippen LogP contribution in [0.4, 0.5) is 73.7 Å². The number of rotatable bonds is 18. The van der Waals surface area contributed by atoms with E-state index in [9.17, 15) is 60.0 Å². The van der Waals surface area contributed by atoms with Crippen molar-refractivity contribution in [2.45, 2.75) is 152 Å². The molecule has 8 aliphatic rings. The third-order valence-electron chi connectivity index (χ3n) is 24.4. The Balaban J connectivity index is 0.000000137. The number of halogens is 6. The molecule has 8 fully saturated rings. The van der Waals surface area contributed by atoms with E-state index >= 15 is 0 Å². The van der Waals surface area contributed by atoms with Gasteiger partial charge in [-0.3, -0.25) is 0 Å². The first kappa shape index (κ1) is 91.6. The van der Waals surface area contributed by atoms with Gasteiger partial charge in [0.25, 0.3) is 0 Å². The molecule has 8 N–H and O–H groups in total. The number of alkyl halides is 6. The summed E-state index contributed by atoms with van der Waals surface area (Å²) in [6.07, 6.45) is 7.48. The fourth-order valence-electron chi connectivity index (χ4n) is 16.5. The predicted molar refractivity (Wildman–Crippen MR) is 457 cm³/mol. The summed E-state index contributed by atoms with van der Waals surface area (Å²) in [6.45, 7) is 12.3. The van der Waals surface area contributed by atoms with Crippen molar-refractivity contribution in [1.29, 1.82) is 0 Å². The fraction of sp³-hybridized carbons (Fsp3) is 0.506. The fourth-order valence-corrected chi connectivity index (χ4v) is 23.2. The second-order valence-electron chi connectivity index (χ2n) is 32.5. The zero-order valence-corrected chi connectivity index (χ0v) is 73.5. The number of aromatic nitrogens is 14. The number of hydrogen-bond donors (Lipinski definition) is 4. The predicted octanol–water partition coefficient (Wildman–Crippen LogP) is 8.96. The number of nitrogens with zero attached hydrogens (tertiary/aromatic N) is 18. The molecule has 0 spiro atoms. The maximum atomic E-state index is 13.9. The van der Waals surface area contributed by atoms with Gasteiger partial charge < -0.3 is 66.2 Å². The van der Waals surface area contributed by atoms with E-state index in [0.29, 0.717) is 207 Å². The molecule has 0 unspecified atom stereocenters. The zero-order valence-electron chi connectivity index (χ0n) is 70.2. The number of hydrogen-bond acceptors (Lipinski definition) is 35. The minimum absolute atomic E-state index is 0.0594. The van der Waals surface area contributed by atoms with E-state index in [1.54, 1.807) is 71.9 Å². The molecule has 4 aliphatic heterocycles. The zero-order chi connectivity index (χ0) is 90.3. The molecule has 4 saturated carbocycles. The Hall–Kier alpha value is -10.6. The van der Waals surface area contributed by atoms with Crippen LogP contribution < -0.4 is 47.3 Å². The van der Waals surface area contributed by atoms with Gasteiger partial charge in [-0.2, -0.15) is 26.3 Å². The molecule has 676 valence electrons. The van der Waals surface area contributed by atoms with Crippen LogP contribution in [0.2, 0.25) is 0 Å². The van der Waals surface area contributed by atoms with E-state index in [4.69, 9.17) is 66.6 Å². The number of nitrogen functional groups attached to an aromatic ring is 4. The van der Waals surface area contributed by atoms with Crippen molar-refractivity contribution in [2.75, 3.05) is 154 Å². The number of ether oxygens (including phenoxy) is 5. The maximum absolute atomic E-state index is 13.9. The van der Waals surface area contributed by atoms with Crippen LogP contribution >= 0.6 is 0 Å². The molecule has 1 aromatic carbocycles. The highest BCUT2D eigenvalue weighted by molar-refractivity contribution is 7.93. The second-order valence-corrected chi connectivity index (χ2v) is 41.7. The van der Waals surface area contributed by atoms with Gasteiger partial charge in [0.05, 0.1) is 140 Å². The van der Waals surface area contributed by atoms with Gasteiger partial charge >= 0.3 is 12.4 Å². The van der Waals surface area contributed by atoms with E-state index < -0.39 is 87.9 Å². The lowest BCUT2D eigenvalue weighted by Gasteiger charge is -2.41. The van der Waals surface area contributed by atoms with Crippen LogP contribution in [0.3, 0.4) is 0 Å². The summed E-state index contributed by atoms with van der Waals surface area (Å²) in [4.78, 5) is 68.0. The molecule has 12 heterocycles. The van der Waals surface area contributed by atoms with E-state index in [-0.39, 0.29) is 80.6 Å².